The van der Waals surface area contributed by atoms with E-state index in [0.717, 1.165) is 11.3 Å². The number of rotatable bonds is 4. The molecule has 0 spiro atoms. The fraction of sp³-hybridized carbons (Fsp3) is 0.267. The van der Waals surface area contributed by atoms with Crippen LogP contribution in [0.5, 0.6) is 0 Å². The lowest BCUT2D eigenvalue weighted by molar-refractivity contribution is 0.341. The molecule has 0 N–H and O–H groups in total. The van der Waals surface area contributed by atoms with Crippen molar-refractivity contribution in [2.75, 3.05) is 7.11 Å². The SMILES string of the molecule is COC=Cc1c(-c2c(Cl)cccc2Cl)noc1C(C)C. The molecule has 0 fully saturated rings. The Labute approximate surface area is 128 Å². The Morgan fingerprint density at radius 3 is 2.45 bits per heavy atom. The first kappa shape index (κ1) is 14.9. The average Bonchev–Trinajstić information content (AvgIpc) is 2.80. The average molecular weight is 312 g/mol. The summed E-state index contributed by atoms with van der Waals surface area (Å²) in [4.78, 5) is 0. The molecule has 0 atom stereocenters. The van der Waals surface area contributed by atoms with Crippen LogP contribution in [-0.4, -0.2) is 12.3 Å². The second-order valence-corrected chi connectivity index (χ2v) is 5.41. The van der Waals surface area contributed by atoms with Gasteiger partial charge in [0.05, 0.1) is 23.4 Å². The minimum absolute atomic E-state index is 0.189. The summed E-state index contributed by atoms with van der Waals surface area (Å²) in [6, 6.07) is 5.34. The van der Waals surface area contributed by atoms with Gasteiger partial charge in [0.1, 0.15) is 11.5 Å². The van der Waals surface area contributed by atoms with Crippen LogP contribution in [0.4, 0.5) is 0 Å². The molecule has 20 heavy (non-hydrogen) atoms. The molecule has 1 heterocycles. The summed E-state index contributed by atoms with van der Waals surface area (Å²) >= 11 is 12.5. The number of benzene rings is 1. The number of nitrogens with zero attached hydrogens (tertiary/aromatic N) is 1. The van der Waals surface area contributed by atoms with Gasteiger partial charge in [-0.3, -0.25) is 0 Å². The standard InChI is InChI=1S/C15H15Cl2NO2/c1-9(2)15-10(7-8-19-3)14(18-20-15)13-11(16)5-4-6-12(13)17/h4-9H,1-3H3. The number of hydrogen-bond donors (Lipinski definition) is 0. The fourth-order valence-corrected chi connectivity index (χ4v) is 2.50. The van der Waals surface area contributed by atoms with Crippen molar-refractivity contribution >= 4 is 29.3 Å². The van der Waals surface area contributed by atoms with E-state index in [4.69, 9.17) is 32.5 Å². The third-order valence-electron chi connectivity index (χ3n) is 2.85. The molecule has 0 radical (unpaired) electrons. The van der Waals surface area contributed by atoms with Gasteiger partial charge < -0.3 is 9.26 Å². The molecule has 0 bridgehead atoms. The highest BCUT2D eigenvalue weighted by atomic mass is 35.5. The van der Waals surface area contributed by atoms with Crippen LogP contribution in [0.25, 0.3) is 17.3 Å². The minimum Gasteiger partial charge on any atom is -0.504 e. The maximum Gasteiger partial charge on any atom is 0.147 e. The van der Waals surface area contributed by atoms with Crippen LogP contribution >= 0.6 is 23.2 Å². The molecule has 2 rings (SSSR count). The molecular formula is C15H15Cl2NO2. The summed E-state index contributed by atoms with van der Waals surface area (Å²) in [5.41, 5.74) is 2.12. The van der Waals surface area contributed by atoms with Crippen LogP contribution in [-0.2, 0) is 4.74 Å². The van der Waals surface area contributed by atoms with Gasteiger partial charge in [-0.1, -0.05) is 48.3 Å². The van der Waals surface area contributed by atoms with E-state index in [-0.39, 0.29) is 5.92 Å². The first-order chi connectivity index (χ1) is 9.56. The molecule has 0 amide bonds. The summed E-state index contributed by atoms with van der Waals surface area (Å²) < 4.78 is 10.4. The Kier molecular flexibility index (Phi) is 4.73. The molecule has 2 aromatic rings. The lowest BCUT2D eigenvalue weighted by Crippen LogP contribution is -1.90. The molecule has 0 saturated heterocycles. The summed E-state index contributed by atoms with van der Waals surface area (Å²) in [6.07, 6.45) is 3.38. The van der Waals surface area contributed by atoms with Gasteiger partial charge in [0.15, 0.2) is 0 Å². The van der Waals surface area contributed by atoms with Gasteiger partial charge in [-0.05, 0) is 18.2 Å². The van der Waals surface area contributed by atoms with Gasteiger partial charge in [-0.15, -0.1) is 0 Å². The predicted octanol–water partition coefficient (Wildman–Crippen LogP) is 5.39. The molecule has 1 aromatic carbocycles. The van der Waals surface area contributed by atoms with Crippen LogP contribution in [0, 0.1) is 0 Å². The monoisotopic (exact) mass is 311 g/mol. The van der Waals surface area contributed by atoms with E-state index in [9.17, 15) is 0 Å². The molecule has 0 saturated carbocycles. The van der Waals surface area contributed by atoms with Gasteiger partial charge >= 0.3 is 0 Å². The van der Waals surface area contributed by atoms with Crippen molar-refractivity contribution in [3.8, 4) is 11.3 Å². The van der Waals surface area contributed by atoms with Gasteiger partial charge in [0.2, 0.25) is 0 Å². The summed E-state index contributed by atoms with van der Waals surface area (Å²) in [5, 5.41) is 5.20. The maximum absolute atomic E-state index is 6.24. The molecule has 1 aromatic heterocycles. The molecule has 0 unspecified atom stereocenters. The van der Waals surface area contributed by atoms with Crippen molar-refractivity contribution in [1.29, 1.82) is 0 Å². The van der Waals surface area contributed by atoms with E-state index in [0.29, 0.717) is 21.3 Å². The normalized spacial score (nSPS) is 11.5. The summed E-state index contributed by atoms with van der Waals surface area (Å²) in [5.74, 6) is 0.957. The van der Waals surface area contributed by atoms with Crippen LogP contribution in [0.15, 0.2) is 29.0 Å². The Bertz CT molecular complexity index is 613. The van der Waals surface area contributed by atoms with Crippen molar-refractivity contribution in [2.45, 2.75) is 19.8 Å². The van der Waals surface area contributed by atoms with E-state index >= 15 is 0 Å². The molecule has 0 aliphatic carbocycles. The van der Waals surface area contributed by atoms with Crippen LogP contribution in [0.3, 0.4) is 0 Å². The molecule has 5 heteroatoms. The maximum atomic E-state index is 6.24. The third-order valence-corrected chi connectivity index (χ3v) is 3.48. The second-order valence-electron chi connectivity index (χ2n) is 4.60. The number of ether oxygens (including phenoxy) is 1. The zero-order valence-electron chi connectivity index (χ0n) is 11.5. The van der Waals surface area contributed by atoms with Crippen molar-refractivity contribution in [3.05, 3.63) is 45.8 Å². The van der Waals surface area contributed by atoms with Gasteiger partial charge in [0, 0.05) is 17.0 Å². The Balaban J connectivity index is 2.65. The topological polar surface area (TPSA) is 35.3 Å². The highest BCUT2D eigenvalue weighted by molar-refractivity contribution is 6.39. The van der Waals surface area contributed by atoms with Gasteiger partial charge in [-0.25, -0.2) is 0 Å². The molecule has 0 aliphatic rings. The van der Waals surface area contributed by atoms with Crippen molar-refractivity contribution in [2.24, 2.45) is 0 Å². The number of halogens is 2. The van der Waals surface area contributed by atoms with E-state index in [2.05, 4.69) is 5.16 Å². The minimum atomic E-state index is 0.189. The Morgan fingerprint density at radius 1 is 1.25 bits per heavy atom. The zero-order valence-corrected chi connectivity index (χ0v) is 13.0. The van der Waals surface area contributed by atoms with E-state index < -0.39 is 0 Å². The number of aromatic nitrogens is 1. The molecular weight excluding hydrogens is 297 g/mol. The smallest absolute Gasteiger partial charge is 0.147 e. The first-order valence-electron chi connectivity index (χ1n) is 6.19. The zero-order chi connectivity index (χ0) is 14.7. The van der Waals surface area contributed by atoms with Crippen LogP contribution < -0.4 is 0 Å². The second kappa shape index (κ2) is 6.33. The molecule has 106 valence electrons. The molecule has 0 aliphatic heterocycles. The van der Waals surface area contributed by atoms with Crippen molar-refractivity contribution < 1.29 is 9.26 Å². The predicted molar refractivity (Wildman–Crippen MR) is 82.1 cm³/mol. The van der Waals surface area contributed by atoms with Gasteiger partial charge in [-0.2, -0.15) is 0 Å². The quantitative estimate of drug-likeness (QED) is 0.710. The highest BCUT2D eigenvalue weighted by Crippen LogP contribution is 2.38. The summed E-state index contributed by atoms with van der Waals surface area (Å²) in [7, 11) is 1.58. The largest absolute Gasteiger partial charge is 0.504 e. The number of methoxy groups -OCH3 is 1. The van der Waals surface area contributed by atoms with E-state index in [1.165, 1.54) is 0 Å². The first-order valence-corrected chi connectivity index (χ1v) is 6.95. The lowest BCUT2D eigenvalue weighted by atomic mass is 10.0. The number of hydrogen-bond acceptors (Lipinski definition) is 3. The lowest BCUT2D eigenvalue weighted by Gasteiger charge is -2.05. The van der Waals surface area contributed by atoms with Crippen molar-refractivity contribution in [3.63, 3.8) is 0 Å². The van der Waals surface area contributed by atoms with Crippen LogP contribution in [0.2, 0.25) is 10.0 Å². The van der Waals surface area contributed by atoms with E-state index in [1.807, 2.05) is 13.8 Å². The van der Waals surface area contributed by atoms with E-state index in [1.54, 1.807) is 37.6 Å². The molecule has 3 nitrogen and oxygen atoms in total. The Morgan fingerprint density at radius 2 is 1.90 bits per heavy atom. The fourth-order valence-electron chi connectivity index (χ4n) is 1.93. The Hall–Kier alpha value is -1.45. The van der Waals surface area contributed by atoms with Crippen LogP contribution in [0.1, 0.15) is 31.1 Å². The summed E-state index contributed by atoms with van der Waals surface area (Å²) in [6.45, 7) is 4.06. The van der Waals surface area contributed by atoms with Crippen molar-refractivity contribution in [1.82, 2.24) is 5.16 Å². The highest BCUT2D eigenvalue weighted by Gasteiger charge is 2.21. The third kappa shape index (κ3) is 2.84. The van der Waals surface area contributed by atoms with Gasteiger partial charge in [0.25, 0.3) is 0 Å².